The van der Waals surface area contributed by atoms with Crippen molar-refractivity contribution in [1.29, 1.82) is 0 Å². The summed E-state index contributed by atoms with van der Waals surface area (Å²) in [5.74, 6) is 0. The minimum Gasteiger partial charge on any atom is -0.390 e. The van der Waals surface area contributed by atoms with Crippen LogP contribution in [0.1, 0.15) is 18.9 Å². The lowest BCUT2D eigenvalue weighted by Crippen LogP contribution is -2.34. The Morgan fingerprint density at radius 2 is 1.88 bits per heavy atom. The molecule has 1 rings (SSSR count). The quantitative estimate of drug-likeness (QED) is 0.798. The summed E-state index contributed by atoms with van der Waals surface area (Å²) in [6.07, 6.45) is 0.452. The van der Waals surface area contributed by atoms with Gasteiger partial charge in [0, 0.05) is 32.1 Å². The third-order valence-electron chi connectivity index (χ3n) is 2.66. The van der Waals surface area contributed by atoms with Gasteiger partial charge in [-0.25, -0.2) is 0 Å². The van der Waals surface area contributed by atoms with E-state index >= 15 is 0 Å². The van der Waals surface area contributed by atoms with Crippen molar-refractivity contribution in [3.8, 4) is 0 Å². The molecule has 0 saturated carbocycles. The van der Waals surface area contributed by atoms with Gasteiger partial charge in [0.25, 0.3) is 0 Å². The van der Waals surface area contributed by atoms with E-state index in [9.17, 15) is 5.11 Å². The maximum Gasteiger partial charge on any atom is 0.159 e. The molecule has 0 bridgehead atoms. The third kappa shape index (κ3) is 4.64. The molecule has 1 aromatic carbocycles. The van der Waals surface area contributed by atoms with E-state index in [1.165, 1.54) is 0 Å². The Bertz CT molecular complexity index is 348. The SMILES string of the molecule is COC(CC(C)(O)Cc1ccccc1Cl)OC. The van der Waals surface area contributed by atoms with Crippen molar-refractivity contribution in [3.05, 3.63) is 34.9 Å². The van der Waals surface area contributed by atoms with Gasteiger partial charge in [0.1, 0.15) is 0 Å². The summed E-state index contributed by atoms with van der Waals surface area (Å²) in [6.45, 7) is 1.75. The first-order valence-electron chi connectivity index (χ1n) is 5.50. The Morgan fingerprint density at radius 3 is 2.41 bits per heavy atom. The molecule has 0 aromatic heterocycles. The lowest BCUT2D eigenvalue weighted by Gasteiger charge is -2.27. The van der Waals surface area contributed by atoms with E-state index in [0.29, 0.717) is 17.9 Å². The molecule has 0 amide bonds. The lowest BCUT2D eigenvalue weighted by atomic mass is 9.93. The van der Waals surface area contributed by atoms with Crippen LogP contribution in [0.3, 0.4) is 0 Å². The molecule has 4 heteroatoms. The normalized spacial score (nSPS) is 14.9. The Morgan fingerprint density at radius 1 is 1.29 bits per heavy atom. The van der Waals surface area contributed by atoms with Crippen LogP contribution in [0, 0.1) is 0 Å². The van der Waals surface area contributed by atoms with Crippen LogP contribution in [-0.4, -0.2) is 31.2 Å². The van der Waals surface area contributed by atoms with Gasteiger partial charge in [-0.3, -0.25) is 0 Å². The van der Waals surface area contributed by atoms with E-state index in [4.69, 9.17) is 21.1 Å². The molecule has 0 aliphatic heterocycles. The van der Waals surface area contributed by atoms with Gasteiger partial charge < -0.3 is 14.6 Å². The fourth-order valence-electron chi connectivity index (χ4n) is 1.75. The van der Waals surface area contributed by atoms with Crippen molar-refractivity contribution in [2.45, 2.75) is 31.7 Å². The molecule has 0 radical (unpaired) electrons. The van der Waals surface area contributed by atoms with Gasteiger partial charge in [-0.2, -0.15) is 0 Å². The summed E-state index contributed by atoms with van der Waals surface area (Å²) < 4.78 is 10.2. The predicted molar refractivity (Wildman–Crippen MR) is 68.2 cm³/mol. The van der Waals surface area contributed by atoms with Crippen LogP contribution in [-0.2, 0) is 15.9 Å². The van der Waals surface area contributed by atoms with Gasteiger partial charge in [-0.15, -0.1) is 0 Å². The number of benzene rings is 1. The summed E-state index contributed by atoms with van der Waals surface area (Å²) in [7, 11) is 3.11. The molecule has 1 unspecified atom stereocenters. The number of ether oxygens (including phenoxy) is 2. The topological polar surface area (TPSA) is 38.7 Å². The highest BCUT2D eigenvalue weighted by atomic mass is 35.5. The molecule has 0 spiro atoms. The number of rotatable bonds is 6. The zero-order chi connectivity index (χ0) is 12.9. The van der Waals surface area contributed by atoms with Crippen molar-refractivity contribution < 1.29 is 14.6 Å². The highest BCUT2D eigenvalue weighted by Gasteiger charge is 2.26. The maximum absolute atomic E-state index is 10.3. The summed E-state index contributed by atoms with van der Waals surface area (Å²) in [6, 6.07) is 7.50. The van der Waals surface area contributed by atoms with Crippen LogP contribution in [0.25, 0.3) is 0 Å². The monoisotopic (exact) mass is 258 g/mol. The first-order valence-corrected chi connectivity index (χ1v) is 5.87. The van der Waals surface area contributed by atoms with Crippen molar-refractivity contribution in [2.75, 3.05) is 14.2 Å². The number of aliphatic hydroxyl groups is 1. The van der Waals surface area contributed by atoms with Crippen molar-refractivity contribution in [1.82, 2.24) is 0 Å². The molecule has 0 heterocycles. The highest BCUT2D eigenvalue weighted by molar-refractivity contribution is 6.31. The molecule has 0 saturated heterocycles. The number of methoxy groups -OCH3 is 2. The maximum atomic E-state index is 10.3. The molecule has 17 heavy (non-hydrogen) atoms. The molecule has 1 aromatic rings. The second kappa shape index (κ2) is 6.36. The average molecular weight is 259 g/mol. The van der Waals surface area contributed by atoms with Crippen LogP contribution < -0.4 is 0 Å². The van der Waals surface area contributed by atoms with E-state index in [-0.39, 0.29) is 0 Å². The average Bonchev–Trinajstić information content (AvgIpc) is 2.29. The Kier molecular flexibility index (Phi) is 5.40. The molecule has 1 atom stereocenters. The summed E-state index contributed by atoms with van der Waals surface area (Å²) in [5.41, 5.74) is 0.00641. The van der Waals surface area contributed by atoms with Crippen LogP contribution in [0.5, 0.6) is 0 Å². The molecule has 1 N–H and O–H groups in total. The number of halogens is 1. The summed E-state index contributed by atoms with van der Waals surface area (Å²) in [5, 5.41) is 11.0. The smallest absolute Gasteiger partial charge is 0.159 e. The molecular weight excluding hydrogens is 240 g/mol. The van der Waals surface area contributed by atoms with E-state index in [0.717, 1.165) is 5.56 Å². The fourth-order valence-corrected chi connectivity index (χ4v) is 1.95. The van der Waals surface area contributed by atoms with Crippen LogP contribution in [0.2, 0.25) is 5.02 Å². The first kappa shape index (κ1) is 14.5. The van der Waals surface area contributed by atoms with Gasteiger partial charge in [0.2, 0.25) is 0 Å². The summed E-state index contributed by atoms with van der Waals surface area (Å²) >= 11 is 6.06. The molecule has 96 valence electrons. The van der Waals surface area contributed by atoms with E-state index in [2.05, 4.69) is 0 Å². The van der Waals surface area contributed by atoms with Gasteiger partial charge in [0.15, 0.2) is 6.29 Å². The first-order chi connectivity index (χ1) is 7.98. The summed E-state index contributed by atoms with van der Waals surface area (Å²) in [4.78, 5) is 0. The Hall–Kier alpha value is -0.610. The Labute approximate surface area is 107 Å². The minimum absolute atomic E-state index is 0.394. The third-order valence-corrected chi connectivity index (χ3v) is 3.03. The Balaban J connectivity index is 2.69. The van der Waals surface area contributed by atoms with Gasteiger partial charge in [-0.1, -0.05) is 29.8 Å². The number of hydrogen-bond donors (Lipinski definition) is 1. The van der Waals surface area contributed by atoms with E-state index in [1.54, 1.807) is 21.1 Å². The fraction of sp³-hybridized carbons (Fsp3) is 0.538. The van der Waals surface area contributed by atoms with Crippen molar-refractivity contribution >= 4 is 11.6 Å². The highest BCUT2D eigenvalue weighted by Crippen LogP contribution is 2.24. The standard InChI is InChI=1S/C13H19ClO3/c1-13(15,9-12(16-2)17-3)8-10-6-4-5-7-11(10)14/h4-7,12,15H,8-9H2,1-3H3. The number of hydrogen-bond acceptors (Lipinski definition) is 3. The van der Waals surface area contributed by atoms with Crippen LogP contribution in [0.15, 0.2) is 24.3 Å². The second-order valence-electron chi connectivity index (χ2n) is 4.37. The molecule has 0 aliphatic rings. The van der Waals surface area contributed by atoms with Gasteiger partial charge >= 0.3 is 0 Å². The predicted octanol–water partition coefficient (Wildman–Crippen LogP) is 2.64. The zero-order valence-electron chi connectivity index (χ0n) is 10.4. The van der Waals surface area contributed by atoms with E-state index in [1.807, 2.05) is 24.3 Å². The molecule has 3 nitrogen and oxygen atoms in total. The molecular formula is C13H19ClO3. The molecule has 0 aliphatic carbocycles. The molecule has 0 fully saturated rings. The zero-order valence-corrected chi connectivity index (χ0v) is 11.2. The van der Waals surface area contributed by atoms with E-state index < -0.39 is 11.9 Å². The largest absolute Gasteiger partial charge is 0.390 e. The van der Waals surface area contributed by atoms with Gasteiger partial charge in [-0.05, 0) is 18.6 Å². The van der Waals surface area contributed by atoms with Crippen molar-refractivity contribution in [2.24, 2.45) is 0 Å². The van der Waals surface area contributed by atoms with Crippen LogP contribution in [0.4, 0.5) is 0 Å². The van der Waals surface area contributed by atoms with Crippen molar-refractivity contribution in [3.63, 3.8) is 0 Å². The second-order valence-corrected chi connectivity index (χ2v) is 4.78. The van der Waals surface area contributed by atoms with Crippen LogP contribution >= 0.6 is 11.6 Å². The van der Waals surface area contributed by atoms with Gasteiger partial charge in [0.05, 0.1) is 5.60 Å². The minimum atomic E-state index is -0.915. The lowest BCUT2D eigenvalue weighted by molar-refractivity contribution is -0.139.